The summed E-state index contributed by atoms with van der Waals surface area (Å²) in [7, 11) is 1.34. The van der Waals surface area contributed by atoms with Gasteiger partial charge in [-0.05, 0) is 24.7 Å². The molecule has 18 heavy (non-hydrogen) atoms. The van der Waals surface area contributed by atoms with E-state index in [1.165, 1.54) is 19.7 Å². The first kappa shape index (κ1) is 12.8. The Morgan fingerprint density at radius 1 is 1.39 bits per heavy atom. The van der Waals surface area contributed by atoms with E-state index in [2.05, 4.69) is 33.9 Å². The van der Waals surface area contributed by atoms with Gasteiger partial charge >= 0.3 is 5.97 Å². The summed E-state index contributed by atoms with van der Waals surface area (Å²) in [6.45, 7) is 4.51. The van der Waals surface area contributed by atoms with E-state index in [0.717, 1.165) is 12.3 Å². The lowest BCUT2D eigenvalue weighted by Gasteiger charge is -2.20. The maximum atomic E-state index is 11.4. The molecule has 1 fully saturated rings. The molecule has 1 aromatic heterocycles. The molecule has 1 aliphatic carbocycles. The van der Waals surface area contributed by atoms with Crippen molar-refractivity contribution in [1.82, 2.24) is 9.97 Å². The predicted octanol–water partition coefficient (Wildman–Crippen LogP) is 2.11. The van der Waals surface area contributed by atoms with Gasteiger partial charge in [-0.25, -0.2) is 9.78 Å². The summed E-state index contributed by atoms with van der Waals surface area (Å²) in [5, 5.41) is 3.36. The van der Waals surface area contributed by atoms with Gasteiger partial charge in [0, 0.05) is 6.04 Å². The van der Waals surface area contributed by atoms with Gasteiger partial charge in [-0.15, -0.1) is 0 Å². The number of methoxy groups -OCH3 is 1. The average Bonchev–Trinajstić information content (AvgIpc) is 2.70. The third-order valence-electron chi connectivity index (χ3n) is 3.83. The van der Waals surface area contributed by atoms with Gasteiger partial charge in [-0.1, -0.05) is 13.8 Å². The van der Waals surface area contributed by atoms with Gasteiger partial charge in [0.2, 0.25) is 0 Å². The summed E-state index contributed by atoms with van der Waals surface area (Å²) < 4.78 is 4.63. The molecule has 0 aromatic carbocycles. The lowest BCUT2D eigenvalue weighted by molar-refractivity contribution is 0.0593. The van der Waals surface area contributed by atoms with Crippen molar-refractivity contribution < 1.29 is 9.53 Å². The van der Waals surface area contributed by atoms with Crippen molar-refractivity contribution in [3.05, 3.63) is 18.1 Å². The quantitative estimate of drug-likeness (QED) is 0.831. The van der Waals surface area contributed by atoms with E-state index < -0.39 is 5.97 Å². The van der Waals surface area contributed by atoms with E-state index >= 15 is 0 Å². The predicted molar refractivity (Wildman–Crippen MR) is 68.3 cm³/mol. The fraction of sp³-hybridized carbons (Fsp3) is 0.615. The summed E-state index contributed by atoms with van der Waals surface area (Å²) in [5.74, 6) is 1.51. The average molecular weight is 249 g/mol. The molecule has 1 heterocycles. The maximum Gasteiger partial charge on any atom is 0.358 e. The van der Waals surface area contributed by atoms with Crippen LogP contribution in [0.1, 0.15) is 37.2 Å². The Kier molecular flexibility index (Phi) is 3.79. The number of carbonyl (C=O) groups excluding carboxylic acids is 1. The molecular weight excluding hydrogens is 230 g/mol. The molecule has 1 N–H and O–H groups in total. The van der Waals surface area contributed by atoms with Gasteiger partial charge in [0.25, 0.3) is 0 Å². The monoisotopic (exact) mass is 249 g/mol. The van der Waals surface area contributed by atoms with E-state index in [1.807, 2.05) is 0 Å². The van der Waals surface area contributed by atoms with Gasteiger partial charge in [0.15, 0.2) is 5.69 Å². The van der Waals surface area contributed by atoms with Crippen LogP contribution in [-0.2, 0) is 4.74 Å². The Hall–Kier alpha value is -1.65. The minimum atomic E-state index is -0.459. The molecular formula is C13H19N3O2. The van der Waals surface area contributed by atoms with Crippen molar-refractivity contribution in [2.45, 2.75) is 32.7 Å². The molecule has 3 atom stereocenters. The molecule has 1 saturated carbocycles. The zero-order chi connectivity index (χ0) is 13.1. The Labute approximate surface area is 107 Å². The molecule has 0 amide bonds. The number of esters is 1. The third kappa shape index (κ3) is 2.60. The summed E-state index contributed by atoms with van der Waals surface area (Å²) in [6, 6.07) is 0.405. The lowest BCUT2D eigenvalue weighted by atomic mass is 9.98. The summed E-state index contributed by atoms with van der Waals surface area (Å²) in [6.07, 6.45) is 5.41. The van der Waals surface area contributed by atoms with Crippen LogP contribution in [0.25, 0.3) is 0 Å². The number of carbonyl (C=O) groups is 1. The standard InChI is InChI=1S/C13H19N3O2/c1-8-4-5-10(9(8)2)15-12-7-14-6-11(16-12)13(17)18-3/h6-10H,4-5H2,1-3H3,(H,15,16). The first-order valence-electron chi connectivity index (χ1n) is 6.28. The third-order valence-corrected chi connectivity index (χ3v) is 3.83. The molecule has 0 saturated heterocycles. The van der Waals surface area contributed by atoms with Crippen molar-refractivity contribution in [3.63, 3.8) is 0 Å². The molecule has 0 aliphatic heterocycles. The first-order valence-corrected chi connectivity index (χ1v) is 6.28. The van der Waals surface area contributed by atoms with Gasteiger partial charge in [0.1, 0.15) is 5.82 Å². The van der Waals surface area contributed by atoms with Crippen molar-refractivity contribution >= 4 is 11.8 Å². The maximum absolute atomic E-state index is 11.4. The van der Waals surface area contributed by atoms with E-state index in [0.29, 0.717) is 17.8 Å². The largest absolute Gasteiger partial charge is 0.464 e. The Morgan fingerprint density at radius 2 is 2.17 bits per heavy atom. The Morgan fingerprint density at radius 3 is 2.78 bits per heavy atom. The highest BCUT2D eigenvalue weighted by molar-refractivity contribution is 5.87. The van der Waals surface area contributed by atoms with Gasteiger partial charge < -0.3 is 10.1 Å². The van der Waals surface area contributed by atoms with Crippen LogP contribution >= 0.6 is 0 Å². The number of rotatable bonds is 3. The molecule has 5 nitrogen and oxygen atoms in total. The number of ether oxygens (including phenoxy) is 1. The zero-order valence-corrected chi connectivity index (χ0v) is 11.0. The van der Waals surface area contributed by atoms with Gasteiger partial charge in [0.05, 0.1) is 19.5 Å². The second kappa shape index (κ2) is 5.33. The van der Waals surface area contributed by atoms with Crippen LogP contribution in [0.15, 0.2) is 12.4 Å². The first-order chi connectivity index (χ1) is 8.61. The van der Waals surface area contributed by atoms with Crippen LogP contribution in [0.5, 0.6) is 0 Å². The molecule has 0 radical (unpaired) electrons. The second-order valence-electron chi connectivity index (χ2n) is 4.95. The fourth-order valence-corrected chi connectivity index (χ4v) is 2.40. The van der Waals surface area contributed by atoms with Gasteiger partial charge in [-0.3, -0.25) is 4.98 Å². The van der Waals surface area contributed by atoms with Crippen molar-refractivity contribution in [1.29, 1.82) is 0 Å². The molecule has 98 valence electrons. The summed E-state index contributed by atoms with van der Waals surface area (Å²) in [5.41, 5.74) is 0.237. The van der Waals surface area contributed by atoms with Crippen LogP contribution in [0.2, 0.25) is 0 Å². The molecule has 5 heteroatoms. The smallest absolute Gasteiger partial charge is 0.358 e. The van der Waals surface area contributed by atoms with Crippen LogP contribution in [0.4, 0.5) is 5.82 Å². The van der Waals surface area contributed by atoms with Crippen LogP contribution in [0.3, 0.4) is 0 Å². The van der Waals surface area contributed by atoms with Crippen LogP contribution in [-0.4, -0.2) is 29.1 Å². The number of anilines is 1. The molecule has 0 spiro atoms. The molecule has 3 unspecified atom stereocenters. The zero-order valence-electron chi connectivity index (χ0n) is 11.0. The number of nitrogens with zero attached hydrogens (tertiary/aromatic N) is 2. The normalized spacial score (nSPS) is 26.9. The van der Waals surface area contributed by atoms with E-state index in [9.17, 15) is 4.79 Å². The summed E-state index contributed by atoms with van der Waals surface area (Å²) >= 11 is 0. The lowest BCUT2D eigenvalue weighted by Crippen LogP contribution is -2.25. The highest BCUT2D eigenvalue weighted by Crippen LogP contribution is 2.32. The second-order valence-corrected chi connectivity index (χ2v) is 4.95. The van der Waals surface area contributed by atoms with E-state index in [-0.39, 0.29) is 5.69 Å². The number of hydrogen-bond acceptors (Lipinski definition) is 5. The number of hydrogen-bond donors (Lipinski definition) is 1. The Bertz CT molecular complexity index is 436. The number of aromatic nitrogens is 2. The van der Waals surface area contributed by atoms with Crippen LogP contribution in [0, 0.1) is 11.8 Å². The van der Waals surface area contributed by atoms with Crippen molar-refractivity contribution in [2.24, 2.45) is 11.8 Å². The molecule has 1 aliphatic rings. The Balaban J connectivity index is 2.08. The van der Waals surface area contributed by atoms with Gasteiger partial charge in [-0.2, -0.15) is 0 Å². The molecule has 2 rings (SSSR count). The fourth-order valence-electron chi connectivity index (χ4n) is 2.40. The van der Waals surface area contributed by atoms with Crippen LogP contribution < -0.4 is 5.32 Å². The highest BCUT2D eigenvalue weighted by Gasteiger charge is 2.29. The number of nitrogens with one attached hydrogen (secondary N) is 1. The minimum Gasteiger partial charge on any atom is -0.464 e. The summed E-state index contributed by atoms with van der Waals surface area (Å²) in [4.78, 5) is 19.6. The topological polar surface area (TPSA) is 64.1 Å². The molecule has 0 bridgehead atoms. The minimum absolute atomic E-state index is 0.237. The van der Waals surface area contributed by atoms with Crippen molar-refractivity contribution in [2.75, 3.05) is 12.4 Å². The van der Waals surface area contributed by atoms with E-state index in [1.54, 1.807) is 6.20 Å². The molecule has 1 aromatic rings. The SMILES string of the molecule is COC(=O)c1cncc(NC2CCC(C)C2C)n1. The highest BCUT2D eigenvalue weighted by atomic mass is 16.5. The van der Waals surface area contributed by atoms with E-state index in [4.69, 9.17) is 0 Å². The van der Waals surface area contributed by atoms with Crippen molar-refractivity contribution in [3.8, 4) is 0 Å².